The molecule has 0 heterocycles. The highest BCUT2D eigenvalue weighted by molar-refractivity contribution is 9.10. The van der Waals surface area contributed by atoms with E-state index in [-0.39, 0.29) is 4.90 Å². The summed E-state index contributed by atoms with van der Waals surface area (Å²) >= 11 is 3.35. The lowest BCUT2D eigenvalue weighted by Crippen LogP contribution is -1.96. The van der Waals surface area contributed by atoms with E-state index in [0.29, 0.717) is 5.75 Å². The van der Waals surface area contributed by atoms with Crippen LogP contribution in [0, 0.1) is 0 Å². The quantitative estimate of drug-likeness (QED) is 0.739. The van der Waals surface area contributed by atoms with Crippen LogP contribution in [0.25, 0.3) is 6.08 Å². The molecular weight excluding hydrogens is 366 g/mol. The molecule has 0 aromatic heterocycles. The van der Waals surface area contributed by atoms with Crippen molar-refractivity contribution in [3.8, 4) is 5.75 Å². The molecule has 0 aliphatic rings. The summed E-state index contributed by atoms with van der Waals surface area (Å²) in [5, 5.41) is 0. The van der Waals surface area contributed by atoms with Crippen molar-refractivity contribution in [1.29, 1.82) is 0 Å². The number of hydrogen-bond acceptors (Lipinski definition) is 3. The topological polar surface area (TPSA) is 55.7 Å². The van der Waals surface area contributed by atoms with E-state index in [2.05, 4.69) is 20.3 Å². The Labute approximate surface area is 138 Å². The molecule has 4 nitrogen and oxygen atoms in total. The summed E-state index contributed by atoms with van der Waals surface area (Å²) in [4.78, 5) is 0.126. The zero-order chi connectivity index (χ0) is 16.0. The zero-order valence-electron chi connectivity index (χ0n) is 11.8. The third-order valence-corrected chi connectivity index (χ3v) is 4.60. The Morgan fingerprint density at radius 1 is 1.05 bits per heavy atom. The van der Waals surface area contributed by atoms with Gasteiger partial charge in [-0.3, -0.25) is 0 Å². The first-order valence-corrected chi connectivity index (χ1v) is 8.61. The van der Waals surface area contributed by atoms with Gasteiger partial charge in [0.05, 0.1) is 12.0 Å². The number of rotatable bonds is 5. The van der Waals surface area contributed by atoms with Crippen LogP contribution < -0.4 is 4.74 Å². The van der Waals surface area contributed by atoms with Crippen LogP contribution in [0.5, 0.6) is 5.75 Å². The molecule has 0 atom stereocenters. The Morgan fingerprint density at radius 2 is 1.68 bits per heavy atom. The lowest BCUT2D eigenvalue weighted by atomic mass is 10.2. The maximum Gasteiger partial charge on any atom is 0.282 e. The normalized spacial score (nSPS) is 12.1. The standard InChI is InChI=1S/C16H14BrNO3S/c1-21-15-8-10-16(11-9-15)22(19,20)18-12-2-3-13-4-6-14(17)7-5-13/h2-12H,1H3/b3-2+,18-12+. The molecule has 0 amide bonds. The van der Waals surface area contributed by atoms with Gasteiger partial charge in [0.25, 0.3) is 10.0 Å². The minimum absolute atomic E-state index is 0.126. The lowest BCUT2D eigenvalue weighted by molar-refractivity contribution is 0.414. The summed E-state index contributed by atoms with van der Waals surface area (Å²) in [5.41, 5.74) is 0.955. The summed E-state index contributed by atoms with van der Waals surface area (Å²) < 4.78 is 33.6. The zero-order valence-corrected chi connectivity index (χ0v) is 14.2. The van der Waals surface area contributed by atoms with Crippen LogP contribution in [0.2, 0.25) is 0 Å². The fourth-order valence-corrected chi connectivity index (χ4v) is 2.75. The molecular formula is C16H14BrNO3S. The smallest absolute Gasteiger partial charge is 0.282 e. The Morgan fingerprint density at radius 3 is 2.27 bits per heavy atom. The molecule has 0 saturated heterocycles. The molecule has 0 radical (unpaired) electrons. The van der Waals surface area contributed by atoms with Gasteiger partial charge in [0.1, 0.15) is 5.75 Å². The van der Waals surface area contributed by atoms with Gasteiger partial charge in [0.15, 0.2) is 0 Å². The van der Waals surface area contributed by atoms with Crippen LogP contribution in [-0.4, -0.2) is 21.7 Å². The summed E-state index contributed by atoms with van der Waals surface area (Å²) in [6, 6.07) is 13.7. The number of allylic oxidation sites excluding steroid dienone is 1. The molecule has 0 saturated carbocycles. The predicted octanol–water partition coefficient (Wildman–Crippen LogP) is 3.93. The molecule has 2 aromatic rings. The molecule has 0 aliphatic carbocycles. The average Bonchev–Trinajstić information content (AvgIpc) is 2.53. The molecule has 2 rings (SSSR count). The van der Waals surface area contributed by atoms with Crippen LogP contribution in [0.15, 0.2) is 68.4 Å². The SMILES string of the molecule is COc1ccc(S(=O)(=O)/N=C/C=C/c2ccc(Br)cc2)cc1. The molecule has 0 aliphatic heterocycles. The van der Waals surface area contributed by atoms with Crippen molar-refractivity contribution in [3.63, 3.8) is 0 Å². The molecule has 0 bridgehead atoms. The van der Waals surface area contributed by atoms with Crippen molar-refractivity contribution in [2.24, 2.45) is 4.40 Å². The van der Waals surface area contributed by atoms with E-state index in [1.54, 1.807) is 24.3 Å². The van der Waals surface area contributed by atoms with Gasteiger partial charge in [-0.15, -0.1) is 0 Å². The van der Waals surface area contributed by atoms with Crippen LogP contribution in [0.4, 0.5) is 0 Å². The molecule has 6 heteroatoms. The fraction of sp³-hybridized carbons (Fsp3) is 0.0625. The van der Waals surface area contributed by atoms with Crippen molar-refractivity contribution >= 4 is 38.2 Å². The van der Waals surface area contributed by atoms with E-state index in [1.807, 2.05) is 24.3 Å². The Balaban J connectivity index is 2.08. The number of nitrogens with zero attached hydrogens (tertiary/aromatic N) is 1. The predicted molar refractivity (Wildman–Crippen MR) is 91.8 cm³/mol. The lowest BCUT2D eigenvalue weighted by Gasteiger charge is -2.00. The summed E-state index contributed by atoms with van der Waals surface area (Å²) in [7, 11) is -2.17. The minimum Gasteiger partial charge on any atom is -0.497 e. The Hall–Kier alpha value is -1.92. The van der Waals surface area contributed by atoms with E-state index in [0.717, 1.165) is 10.0 Å². The number of benzene rings is 2. The summed E-state index contributed by atoms with van der Waals surface area (Å²) in [6.07, 6.45) is 4.63. The van der Waals surface area contributed by atoms with Crippen LogP contribution in [0.3, 0.4) is 0 Å². The van der Waals surface area contributed by atoms with E-state index >= 15 is 0 Å². The molecule has 2 aromatic carbocycles. The second-order valence-corrected chi connectivity index (χ2v) is 6.86. The first-order chi connectivity index (χ1) is 10.5. The third-order valence-electron chi connectivity index (χ3n) is 2.80. The molecule has 0 spiro atoms. The largest absolute Gasteiger partial charge is 0.497 e. The molecule has 0 N–H and O–H groups in total. The second kappa shape index (κ2) is 7.38. The van der Waals surface area contributed by atoms with Crippen molar-refractivity contribution in [2.75, 3.05) is 7.11 Å². The molecule has 0 unspecified atom stereocenters. The van der Waals surface area contributed by atoms with Gasteiger partial charge in [-0.05, 0) is 48.0 Å². The second-order valence-electron chi connectivity index (χ2n) is 4.32. The van der Waals surface area contributed by atoms with Gasteiger partial charge in [0, 0.05) is 10.7 Å². The van der Waals surface area contributed by atoms with Crippen molar-refractivity contribution in [3.05, 3.63) is 64.6 Å². The minimum atomic E-state index is -3.69. The Kier molecular flexibility index (Phi) is 5.51. The molecule has 114 valence electrons. The first-order valence-electron chi connectivity index (χ1n) is 6.38. The maximum absolute atomic E-state index is 12.0. The van der Waals surface area contributed by atoms with Crippen molar-refractivity contribution in [2.45, 2.75) is 4.90 Å². The molecule has 22 heavy (non-hydrogen) atoms. The number of hydrogen-bond donors (Lipinski definition) is 0. The fourth-order valence-electron chi connectivity index (χ4n) is 1.65. The van der Waals surface area contributed by atoms with E-state index in [1.165, 1.54) is 25.5 Å². The number of halogens is 1. The summed E-state index contributed by atoms with van der Waals surface area (Å²) in [6.45, 7) is 0. The number of sulfonamides is 1. The van der Waals surface area contributed by atoms with Crippen LogP contribution in [-0.2, 0) is 10.0 Å². The summed E-state index contributed by atoms with van der Waals surface area (Å²) in [5.74, 6) is 0.595. The van der Waals surface area contributed by atoms with Crippen molar-refractivity contribution in [1.82, 2.24) is 0 Å². The van der Waals surface area contributed by atoms with Crippen LogP contribution >= 0.6 is 15.9 Å². The van der Waals surface area contributed by atoms with E-state index < -0.39 is 10.0 Å². The third kappa shape index (κ3) is 4.54. The van der Waals surface area contributed by atoms with Gasteiger partial charge < -0.3 is 4.74 Å². The highest BCUT2D eigenvalue weighted by atomic mass is 79.9. The van der Waals surface area contributed by atoms with Gasteiger partial charge in [-0.25, -0.2) is 0 Å². The Bertz CT molecular complexity index is 779. The van der Waals surface area contributed by atoms with Crippen LogP contribution in [0.1, 0.15) is 5.56 Å². The maximum atomic E-state index is 12.0. The highest BCUT2D eigenvalue weighted by Crippen LogP contribution is 2.17. The van der Waals surface area contributed by atoms with Gasteiger partial charge in [0.2, 0.25) is 0 Å². The first kappa shape index (κ1) is 16.5. The van der Waals surface area contributed by atoms with Gasteiger partial charge >= 0.3 is 0 Å². The number of methoxy groups -OCH3 is 1. The monoisotopic (exact) mass is 379 g/mol. The number of ether oxygens (including phenoxy) is 1. The molecule has 0 fully saturated rings. The van der Waals surface area contributed by atoms with E-state index in [9.17, 15) is 8.42 Å². The van der Waals surface area contributed by atoms with Gasteiger partial charge in [-0.2, -0.15) is 12.8 Å². The van der Waals surface area contributed by atoms with E-state index in [4.69, 9.17) is 4.74 Å². The van der Waals surface area contributed by atoms with Gasteiger partial charge in [-0.1, -0.05) is 34.1 Å². The average molecular weight is 380 g/mol. The van der Waals surface area contributed by atoms with Crippen molar-refractivity contribution < 1.29 is 13.2 Å². The highest BCUT2D eigenvalue weighted by Gasteiger charge is 2.10.